The van der Waals surface area contributed by atoms with Crippen LogP contribution in [-0.4, -0.2) is 41.2 Å². The van der Waals surface area contributed by atoms with Gasteiger partial charge in [-0.2, -0.15) is 0 Å². The molecule has 1 saturated heterocycles. The number of carbonyl (C=O) groups is 2. The molecule has 0 aliphatic carbocycles. The van der Waals surface area contributed by atoms with Crippen molar-refractivity contribution in [3.8, 4) is 0 Å². The predicted octanol–water partition coefficient (Wildman–Crippen LogP) is 4.40. The zero-order valence-corrected chi connectivity index (χ0v) is 16.3. The number of amides is 2. The Kier molecular flexibility index (Phi) is 6.02. The van der Waals surface area contributed by atoms with Crippen LogP contribution in [0.4, 0.5) is 4.39 Å². The van der Waals surface area contributed by atoms with Crippen molar-refractivity contribution in [2.75, 3.05) is 13.6 Å². The highest BCUT2D eigenvalue weighted by Crippen LogP contribution is 2.27. The Balaban J connectivity index is 1.75. The maximum absolute atomic E-state index is 13.4. The molecule has 4 nitrogen and oxygen atoms in total. The smallest absolute Gasteiger partial charge is 0.256 e. The Morgan fingerprint density at radius 2 is 2.00 bits per heavy atom. The fourth-order valence-electron chi connectivity index (χ4n) is 3.32. The molecule has 1 heterocycles. The monoisotopic (exact) mass is 408 g/mol. The molecule has 2 amide bonds. The number of hydrogen-bond donors (Lipinski definition) is 0. The van der Waals surface area contributed by atoms with Gasteiger partial charge in [0.15, 0.2) is 0 Å². The minimum absolute atomic E-state index is 0.178. The summed E-state index contributed by atoms with van der Waals surface area (Å²) < 4.78 is 13.4. The summed E-state index contributed by atoms with van der Waals surface area (Å²) in [6.45, 7) is 0.749. The first-order valence-electron chi connectivity index (χ1n) is 8.62. The minimum Gasteiger partial charge on any atom is -0.340 e. The molecule has 27 heavy (non-hydrogen) atoms. The maximum Gasteiger partial charge on any atom is 0.256 e. The molecule has 1 aliphatic rings. The molecule has 2 aromatic carbocycles. The van der Waals surface area contributed by atoms with Crippen molar-refractivity contribution in [2.24, 2.45) is 0 Å². The molecule has 142 valence electrons. The van der Waals surface area contributed by atoms with E-state index in [1.54, 1.807) is 36.2 Å². The van der Waals surface area contributed by atoms with Crippen molar-refractivity contribution in [2.45, 2.75) is 25.4 Å². The quantitative estimate of drug-likeness (QED) is 0.752. The van der Waals surface area contributed by atoms with Crippen LogP contribution >= 0.6 is 23.2 Å². The van der Waals surface area contributed by atoms with E-state index in [1.807, 2.05) is 0 Å². The number of hydrogen-bond acceptors (Lipinski definition) is 2. The van der Waals surface area contributed by atoms with Crippen LogP contribution in [0, 0.1) is 5.82 Å². The summed E-state index contributed by atoms with van der Waals surface area (Å²) >= 11 is 12.1. The lowest BCUT2D eigenvalue weighted by atomic mass is 10.1. The average molecular weight is 409 g/mol. The van der Waals surface area contributed by atoms with Crippen LogP contribution in [0.15, 0.2) is 42.5 Å². The molecule has 0 N–H and O–H groups in total. The Hall–Kier alpha value is -2.11. The van der Waals surface area contributed by atoms with Gasteiger partial charge in [0, 0.05) is 25.2 Å². The minimum atomic E-state index is -0.564. The molecule has 0 saturated carbocycles. The molecule has 0 bridgehead atoms. The third-order valence-electron chi connectivity index (χ3n) is 4.64. The van der Waals surface area contributed by atoms with Gasteiger partial charge < -0.3 is 9.80 Å². The highest BCUT2D eigenvalue weighted by atomic mass is 35.5. The summed E-state index contributed by atoms with van der Waals surface area (Å²) in [5, 5.41) is 0.712. The van der Waals surface area contributed by atoms with Crippen LogP contribution in [0.25, 0.3) is 0 Å². The number of halogens is 3. The van der Waals surface area contributed by atoms with Gasteiger partial charge in [-0.1, -0.05) is 35.3 Å². The van der Waals surface area contributed by atoms with Crippen molar-refractivity contribution in [3.63, 3.8) is 0 Å². The van der Waals surface area contributed by atoms with Crippen molar-refractivity contribution in [1.82, 2.24) is 9.80 Å². The number of carbonyl (C=O) groups excluding carboxylic acids is 2. The number of likely N-dealkylation sites (N-methyl/N-ethyl adjacent to an activating group) is 1. The van der Waals surface area contributed by atoms with Gasteiger partial charge in [0.25, 0.3) is 5.91 Å². The van der Waals surface area contributed by atoms with Crippen molar-refractivity contribution < 1.29 is 14.0 Å². The zero-order valence-electron chi connectivity index (χ0n) is 14.8. The standard InChI is InChI=1S/C20H19Cl2FN2O2/c1-24(12-13-4-2-5-15(23)10-13)20(27)18-6-3-9-25(18)19(26)16-11-14(21)7-8-17(16)22/h2,4-5,7-8,10-11,18H,3,6,9,12H2,1H3. The van der Waals surface area contributed by atoms with E-state index >= 15 is 0 Å². The highest BCUT2D eigenvalue weighted by molar-refractivity contribution is 6.35. The molecule has 1 unspecified atom stereocenters. The Morgan fingerprint density at radius 3 is 2.74 bits per heavy atom. The van der Waals surface area contributed by atoms with E-state index in [0.717, 1.165) is 6.42 Å². The van der Waals surface area contributed by atoms with Gasteiger partial charge in [-0.05, 0) is 48.7 Å². The lowest BCUT2D eigenvalue weighted by molar-refractivity contribution is -0.134. The van der Waals surface area contributed by atoms with Crippen LogP contribution in [-0.2, 0) is 11.3 Å². The molecule has 1 atom stereocenters. The number of likely N-dealkylation sites (tertiary alicyclic amines) is 1. The van der Waals surface area contributed by atoms with E-state index in [2.05, 4.69) is 0 Å². The second-order valence-electron chi connectivity index (χ2n) is 6.60. The molecule has 7 heteroatoms. The van der Waals surface area contributed by atoms with Gasteiger partial charge >= 0.3 is 0 Å². The van der Waals surface area contributed by atoms with Gasteiger partial charge in [-0.3, -0.25) is 9.59 Å². The second-order valence-corrected chi connectivity index (χ2v) is 7.45. The highest BCUT2D eigenvalue weighted by Gasteiger charge is 2.36. The van der Waals surface area contributed by atoms with Crippen LogP contribution in [0.2, 0.25) is 10.0 Å². The first kappa shape index (κ1) is 19.6. The van der Waals surface area contributed by atoms with Gasteiger partial charge in [-0.25, -0.2) is 4.39 Å². The fraction of sp³-hybridized carbons (Fsp3) is 0.300. The van der Waals surface area contributed by atoms with Crippen molar-refractivity contribution in [3.05, 3.63) is 69.5 Å². The summed E-state index contributed by atoms with van der Waals surface area (Å²) in [4.78, 5) is 28.9. The lowest BCUT2D eigenvalue weighted by Gasteiger charge is -2.28. The third-order valence-corrected chi connectivity index (χ3v) is 5.21. The molecule has 0 spiro atoms. The molecule has 0 radical (unpaired) electrons. The molecule has 1 aliphatic heterocycles. The van der Waals surface area contributed by atoms with E-state index in [9.17, 15) is 14.0 Å². The first-order valence-corrected chi connectivity index (χ1v) is 9.38. The van der Waals surface area contributed by atoms with Gasteiger partial charge in [0.05, 0.1) is 10.6 Å². The third kappa shape index (κ3) is 4.42. The molecular formula is C20H19Cl2FN2O2. The lowest BCUT2D eigenvalue weighted by Crippen LogP contribution is -2.46. The first-order chi connectivity index (χ1) is 12.9. The Bertz CT molecular complexity index is 875. The molecule has 2 aromatic rings. The predicted molar refractivity (Wildman–Crippen MR) is 103 cm³/mol. The molecule has 3 rings (SSSR count). The Labute approximate surface area is 167 Å². The van der Waals surface area contributed by atoms with Crippen LogP contribution < -0.4 is 0 Å². The van der Waals surface area contributed by atoms with Crippen LogP contribution in [0.5, 0.6) is 0 Å². The van der Waals surface area contributed by atoms with Gasteiger partial charge in [0.2, 0.25) is 5.91 Å². The second kappa shape index (κ2) is 8.28. The summed E-state index contributed by atoms with van der Waals surface area (Å²) in [6.07, 6.45) is 1.31. The van der Waals surface area contributed by atoms with E-state index in [4.69, 9.17) is 23.2 Å². The Morgan fingerprint density at radius 1 is 1.22 bits per heavy atom. The summed E-state index contributed by atoms with van der Waals surface area (Å²) in [5.41, 5.74) is 0.983. The number of benzene rings is 2. The van der Waals surface area contributed by atoms with E-state index in [0.29, 0.717) is 28.6 Å². The molecule has 0 aromatic heterocycles. The topological polar surface area (TPSA) is 40.6 Å². The number of rotatable bonds is 4. The number of nitrogens with zero attached hydrogens (tertiary/aromatic N) is 2. The maximum atomic E-state index is 13.4. The molecule has 1 fully saturated rings. The van der Waals surface area contributed by atoms with E-state index in [-0.39, 0.29) is 29.7 Å². The summed E-state index contributed by atoms with van der Waals surface area (Å²) in [5.74, 6) is -0.831. The van der Waals surface area contributed by atoms with E-state index in [1.165, 1.54) is 23.1 Å². The van der Waals surface area contributed by atoms with E-state index < -0.39 is 6.04 Å². The van der Waals surface area contributed by atoms with Crippen molar-refractivity contribution >= 4 is 35.0 Å². The average Bonchev–Trinajstić information content (AvgIpc) is 3.12. The van der Waals surface area contributed by atoms with Crippen molar-refractivity contribution in [1.29, 1.82) is 0 Å². The zero-order chi connectivity index (χ0) is 19.6. The fourth-order valence-corrected chi connectivity index (χ4v) is 3.69. The summed E-state index contributed by atoms with van der Waals surface area (Å²) in [7, 11) is 1.65. The SMILES string of the molecule is CN(Cc1cccc(F)c1)C(=O)C1CCCN1C(=O)c1cc(Cl)ccc1Cl. The molecular weight excluding hydrogens is 390 g/mol. The van der Waals surface area contributed by atoms with Gasteiger partial charge in [-0.15, -0.1) is 0 Å². The summed E-state index contributed by atoms with van der Waals surface area (Å²) in [6, 6.07) is 10.3. The van der Waals surface area contributed by atoms with Crippen LogP contribution in [0.1, 0.15) is 28.8 Å². The van der Waals surface area contributed by atoms with Crippen LogP contribution in [0.3, 0.4) is 0 Å². The normalized spacial score (nSPS) is 16.4. The van der Waals surface area contributed by atoms with Gasteiger partial charge in [0.1, 0.15) is 11.9 Å². The largest absolute Gasteiger partial charge is 0.340 e.